The summed E-state index contributed by atoms with van der Waals surface area (Å²) < 4.78 is 1.84. The molecule has 2 N–H and O–H groups in total. The standard InChI is InChI=1S/C21H34N6.HI/c1-5-22-21(24-14-12-20-15-25-27(4)17-20)23-13-11-18(2)26(3)16-19-9-7-6-8-10-19;/h6-10,15,17-18H,5,11-14,16H2,1-4H3,(H2,22,23,24);1H. The minimum Gasteiger partial charge on any atom is -0.357 e. The molecule has 0 saturated carbocycles. The summed E-state index contributed by atoms with van der Waals surface area (Å²) in [5.41, 5.74) is 2.58. The fourth-order valence-electron chi connectivity index (χ4n) is 2.88. The number of nitrogens with one attached hydrogen (secondary N) is 2. The van der Waals surface area contributed by atoms with E-state index in [2.05, 4.69) is 78.1 Å². The maximum absolute atomic E-state index is 4.73. The van der Waals surface area contributed by atoms with Crippen molar-refractivity contribution >= 4 is 29.9 Å². The smallest absolute Gasteiger partial charge is 0.191 e. The minimum absolute atomic E-state index is 0. The van der Waals surface area contributed by atoms with Crippen LogP contribution in [0.4, 0.5) is 0 Å². The molecule has 1 atom stereocenters. The Kier molecular flexibility index (Phi) is 11.8. The predicted octanol–water partition coefficient (Wildman–Crippen LogP) is 3.05. The number of aliphatic imine (C=N–C) groups is 1. The van der Waals surface area contributed by atoms with Crippen LogP contribution < -0.4 is 10.6 Å². The molecule has 0 bridgehead atoms. The molecule has 0 amide bonds. The SMILES string of the molecule is CCNC(=NCCC(C)N(C)Cc1ccccc1)NCCc1cnn(C)c1.I. The molecule has 1 unspecified atom stereocenters. The van der Waals surface area contributed by atoms with Crippen LogP contribution in [0.1, 0.15) is 31.4 Å². The average molecular weight is 498 g/mol. The van der Waals surface area contributed by atoms with Crippen LogP contribution in [0.3, 0.4) is 0 Å². The Morgan fingerprint density at radius 2 is 1.96 bits per heavy atom. The molecule has 2 aromatic rings. The molecule has 0 aliphatic carbocycles. The maximum Gasteiger partial charge on any atom is 0.191 e. The highest BCUT2D eigenvalue weighted by atomic mass is 127. The summed E-state index contributed by atoms with van der Waals surface area (Å²) in [6.45, 7) is 7.84. The quantitative estimate of drug-likeness (QED) is 0.301. The summed E-state index contributed by atoms with van der Waals surface area (Å²) >= 11 is 0. The zero-order chi connectivity index (χ0) is 19.5. The van der Waals surface area contributed by atoms with Crippen molar-refractivity contribution < 1.29 is 0 Å². The third-order valence-electron chi connectivity index (χ3n) is 4.65. The molecule has 0 aliphatic rings. The highest BCUT2D eigenvalue weighted by Gasteiger charge is 2.09. The topological polar surface area (TPSA) is 57.5 Å². The molecule has 2 rings (SSSR count). The lowest BCUT2D eigenvalue weighted by Crippen LogP contribution is -2.38. The maximum atomic E-state index is 4.73. The molecule has 0 saturated heterocycles. The summed E-state index contributed by atoms with van der Waals surface area (Å²) in [4.78, 5) is 7.11. The van der Waals surface area contributed by atoms with Gasteiger partial charge in [0.1, 0.15) is 0 Å². The Hall–Kier alpha value is -1.61. The minimum atomic E-state index is 0. The van der Waals surface area contributed by atoms with Crippen molar-refractivity contribution in [1.29, 1.82) is 0 Å². The van der Waals surface area contributed by atoms with Crippen molar-refractivity contribution in [3.63, 3.8) is 0 Å². The van der Waals surface area contributed by atoms with E-state index in [9.17, 15) is 0 Å². The van der Waals surface area contributed by atoms with Gasteiger partial charge in [-0.05, 0) is 44.9 Å². The van der Waals surface area contributed by atoms with Gasteiger partial charge in [0.05, 0.1) is 6.20 Å². The van der Waals surface area contributed by atoms with Crippen molar-refractivity contribution in [1.82, 2.24) is 25.3 Å². The van der Waals surface area contributed by atoms with Gasteiger partial charge in [-0.1, -0.05) is 30.3 Å². The highest BCUT2D eigenvalue weighted by Crippen LogP contribution is 2.08. The molecule has 7 heteroatoms. The number of aryl methyl sites for hydroxylation is 1. The predicted molar refractivity (Wildman–Crippen MR) is 128 cm³/mol. The Labute approximate surface area is 186 Å². The van der Waals surface area contributed by atoms with Gasteiger partial charge in [0.15, 0.2) is 5.96 Å². The zero-order valence-corrected chi connectivity index (χ0v) is 19.9. The first kappa shape index (κ1) is 24.4. The van der Waals surface area contributed by atoms with Gasteiger partial charge in [-0.3, -0.25) is 14.6 Å². The third kappa shape index (κ3) is 9.05. The van der Waals surface area contributed by atoms with E-state index in [1.807, 2.05) is 17.9 Å². The Morgan fingerprint density at radius 1 is 1.21 bits per heavy atom. The van der Waals surface area contributed by atoms with Gasteiger partial charge >= 0.3 is 0 Å². The van der Waals surface area contributed by atoms with Crippen LogP contribution in [0.2, 0.25) is 0 Å². The van der Waals surface area contributed by atoms with Gasteiger partial charge in [0.2, 0.25) is 0 Å². The van der Waals surface area contributed by atoms with Crippen LogP contribution in [0.15, 0.2) is 47.7 Å². The molecule has 0 radical (unpaired) electrons. The van der Waals surface area contributed by atoms with Gasteiger partial charge in [0.25, 0.3) is 0 Å². The van der Waals surface area contributed by atoms with Crippen LogP contribution in [0, 0.1) is 0 Å². The average Bonchev–Trinajstić information content (AvgIpc) is 3.07. The molecule has 1 aromatic heterocycles. The second kappa shape index (κ2) is 13.5. The molecular formula is C21H35IN6. The highest BCUT2D eigenvalue weighted by molar-refractivity contribution is 14.0. The molecule has 1 heterocycles. The molecule has 0 spiro atoms. The van der Waals surface area contributed by atoms with Gasteiger partial charge < -0.3 is 10.6 Å². The molecule has 0 aliphatic heterocycles. The molecule has 0 fully saturated rings. The summed E-state index contributed by atoms with van der Waals surface area (Å²) in [7, 11) is 4.12. The summed E-state index contributed by atoms with van der Waals surface area (Å²) in [5, 5.41) is 10.9. The van der Waals surface area contributed by atoms with Gasteiger partial charge in [-0.2, -0.15) is 5.10 Å². The van der Waals surface area contributed by atoms with Gasteiger partial charge in [0, 0.05) is 45.5 Å². The summed E-state index contributed by atoms with van der Waals surface area (Å²) in [6, 6.07) is 11.1. The normalized spacial score (nSPS) is 12.5. The van der Waals surface area contributed by atoms with Gasteiger partial charge in [-0.25, -0.2) is 0 Å². The van der Waals surface area contributed by atoms with Crippen LogP contribution in [-0.4, -0.2) is 53.4 Å². The summed E-state index contributed by atoms with van der Waals surface area (Å²) in [5.74, 6) is 0.888. The first-order valence-corrected chi connectivity index (χ1v) is 9.82. The lowest BCUT2D eigenvalue weighted by atomic mass is 10.1. The van der Waals surface area contributed by atoms with E-state index >= 15 is 0 Å². The first-order valence-electron chi connectivity index (χ1n) is 9.82. The van der Waals surface area contributed by atoms with E-state index in [0.29, 0.717) is 6.04 Å². The van der Waals surface area contributed by atoms with Crippen molar-refractivity contribution in [2.75, 3.05) is 26.7 Å². The van der Waals surface area contributed by atoms with Crippen LogP contribution >= 0.6 is 24.0 Å². The number of rotatable bonds is 10. The first-order chi connectivity index (χ1) is 13.1. The number of hydrogen-bond acceptors (Lipinski definition) is 3. The molecule has 6 nitrogen and oxygen atoms in total. The van der Waals surface area contributed by atoms with Crippen molar-refractivity contribution in [3.8, 4) is 0 Å². The second-order valence-corrected chi connectivity index (χ2v) is 7.00. The van der Waals surface area contributed by atoms with E-state index in [1.54, 1.807) is 0 Å². The fourth-order valence-corrected chi connectivity index (χ4v) is 2.88. The number of guanidine groups is 1. The fraction of sp³-hybridized carbons (Fsp3) is 0.524. The number of aromatic nitrogens is 2. The molecular weight excluding hydrogens is 463 g/mol. The largest absolute Gasteiger partial charge is 0.357 e. The monoisotopic (exact) mass is 498 g/mol. The van der Waals surface area contributed by atoms with E-state index in [1.165, 1.54) is 11.1 Å². The van der Waals surface area contributed by atoms with Gasteiger partial charge in [-0.15, -0.1) is 24.0 Å². The van der Waals surface area contributed by atoms with E-state index in [0.717, 1.165) is 45.0 Å². The van der Waals surface area contributed by atoms with E-state index < -0.39 is 0 Å². The number of hydrogen-bond donors (Lipinski definition) is 2. The van der Waals surface area contributed by atoms with Crippen LogP contribution in [0.25, 0.3) is 0 Å². The number of halogens is 1. The van der Waals surface area contributed by atoms with Crippen molar-refractivity contribution in [2.24, 2.45) is 12.0 Å². The van der Waals surface area contributed by atoms with Crippen molar-refractivity contribution in [3.05, 3.63) is 53.9 Å². The van der Waals surface area contributed by atoms with E-state index in [4.69, 9.17) is 4.99 Å². The molecule has 1 aromatic carbocycles. The Morgan fingerprint density at radius 3 is 2.61 bits per heavy atom. The summed E-state index contributed by atoms with van der Waals surface area (Å²) in [6.07, 6.45) is 5.93. The number of benzene rings is 1. The van der Waals surface area contributed by atoms with E-state index in [-0.39, 0.29) is 24.0 Å². The Bertz CT molecular complexity index is 685. The lowest BCUT2D eigenvalue weighted by Gasteiger charge is -2.24. The lowest BCUT2D eigenvalue weighted by molar-refractivity contribution is 0.240. The molecule has 156 valence electrons. The third-order valence-corrected chi connectivity index (χ3v) is 4.65. The molecule has 28 heavy (non-hydrogen) atoms. The zero-order valence-electron chi connectivity index (χ0n) is 17.6. The van der Waals surface area contributed by atoms with Crippen LogP contribution in [-0.2, 0) is 20.0 Å². The van der Waals surface area contributed by atoms with Crippen LogP contribution in [0.5, 0.6) is 0 Å². The van der Waals surface area contributed by atoms with Crippen molar-refractivity contribution in [2.45, 2.75) is 39.3 Å². The number of nitrogens with zero attached hydrogens (tertiary/aromatic N) is 4. The Balaban J connectivity index is 0.00000392. The second-order valence-electron chi connectivity index (χ2n) is 7.00.